The summed E-state index contributed by atoms with van der Waals surface area (Å²) in [4.78, 5) is 34.9. The lowest BCUT2D eigenvalue weighted by atomic mass is 10.1. The monoisotopic (exact) mass is 508 g/mol. The molecule has 0 saturated carbocycles. The molecule has 0 spiro atoms. The van der Waals surface area contributed by atoms with E-state index in [9.17, 15) is 31.2 Å². The van der Waals surface area contributed by atoms with Crippen molar-refractivity contribution in [2.24, 2.45) is 0 Å². The zero-order valence-corrected chi connectivity index (χ0v) is 19.3. The van der Waals surface area contributed by atoms with Crippen LogP contribution in [0.2, 0.25) is 0 Å². The van der Waals surface area contributed by atoms with Gasteiger partial charge >= 0.3 is 26.4 Å². The molecule has 0 bridgehead atoms. The van der Waals surface area contributed by atoms with Crippen LogP contribution in [0.4, 0.5) is 0 Å². The molecule has 2 N–H and O–H groups in total. The van der Waals surface area contributed by atoms with Gasteiger partial charge in [0.2, 0.25) is 11.8 Å². The van der Waals surface area contributed by atoms with E-state index in [4.69, 9.17) is 4.74 Å². The number of nitrogens with zero attached hydrogens (tertiary/aromatic N) is 2. The van der Waals surface area contributed by atoms with Gasteiger partial charge in [0, 0.05) is 13.1 Å². The highest BCUT2D eigenvalue weighted by atomic mass is 32.2. The Hall–Kier alpha value is -3.33. The van der Waals surface area contributed by atoms with Gasteiger partial charge in [-0.15, -0.1) is 0 Å². The molecule has 12 nitrogen and oxygen atoms in total. The first-order chi connectivity index (χ1) is 16.0. The predicted octanol–water partition coefficient (Wildman–Crippen LogP) is -0.603. The second-order valence-corrected chi connectivity index (χ2v) is 11.0. The number of hydrogen-bond donors (Lipinski definition) is 2. The Kier molecular flexibility index (Phi) is 6.40. The fourth-order valence-electron chi connectivity index (χ4n) is 3.38. The fourth-order valence-corrected chi connectivity index (χ4v) is 5.56. The third-order valence-electron chi connectivity index (χ3n) is 5.11. The van der Waals surface area contributed by atoms with Crippen molar-refractivity contribution >= 4 is 38.2 Å². The van der Waals surface area contributed by atoms with Crippen LogP contribution in [0.5, 0.6) is 0 Å². The average molecular weight is 509 g/mol. The molecule has 0 unspecified atom stereocenters. The highest BCUT2D eigenvalue weighted by molar-refractivity contribution is 7.88. The Morgan fingerprint density at radius 2 is 1.15 bits per heavy atom. The van der Waals surface area contributed by atoms with E-state index in [0.717, 1.165) is 8.61 Å². The average Bonchev–Trinajstić information content (AvgIpc) is 3.18. The van der Waals surface area contributed by atoms with Gasteiger partial charge in [-0.1, -0.05) is 36.4 Å². The molecule has 34 heavy (non-hydrogen) atoms. The van der Waals surface area contributed by atoms with Crippen molar-refractivity contribution in [2.75, 3.05) is 13.1 Å². The summed E-state index contributed by atoms with van der Waals surface area (Å²) in [5.74, 6) is -1.75. The van der Waals surface area contributed by atoms with Crippen LogP contribution in [-0.4, -0.2) is 56.3 Å². The molecule has 0 aliphatic carbocycles. The number of hydrogen-bond acceptors (Lipinski definition) is 8. The van der Waals surface area contributed by atoms with Gasteiger partial charge in [-0.25, -0.2) is 14.2 Å². The number of ether oxygens (including phenoxy) is 1. The van der Waals surface area contributed by atoms with Crippen molar-refractivity contribution in [2.45, 2.75) is 19.7 Å². The van der Waals surface area contributed by atoms with Gasteiger partial charge in [0.05, 0.1) is 18.7 Å². The number of nitrogens with one attached hydrogen (secondary N) is 2. The van der Waals surface area contributed by atoms with Gasteiger partial charge in [-0.2, -0.15) is 25.4 Å². The molecule has 2 heterocycles. The molecule has 180 valence electrons. The lowest BCUT2D eigenvalue weighted by Gasteiger charge is -2.13. The van der Waals surface area contributed by atoms with E-state index in [1.807, 2.05) is 9.44 Å². The molecule has 2 aliphatic rings. The molecule has 2 aromatic rings. The van der Waals surface area contributed by atoms with E-state index in [-0.39, 0.29) is 38.3 Å². The second kappa shape index (κ2) is 9.13. The standard InChI is InChI=1S/C20H20N4O8S2/c25-18-11-23(33(28,29)21-18)9-14-1-3-16(4-2-14)13-32-20(27)17-7-5-15(6-8-17)10-24-12-19(26)22-34(24,30)31/h1-8H,9-13H2,(H,21,25)(H,22,26). The van der Waals surface area contributed by atoms with Crippen molar-refractivity contribution in [1.29, 1.82) is 0 Å². The van der Waals surface area contributed by atoms with Crippen molar-refractivity contribution in [1.82, 2.24) is 18.1 Å². The first-order valence-corrected chi connectivity index (χ1v) is 12.9. The first-order valence-electron chi connectivity index (χ1n) is 9.97. The molecular weight excluding hydrogens is 488 g/mol. The van der Waals surface area contributed by atoms with Gasteiger partial charge in [0.1, 0.15) is 6.61 Å². The molecule has 2 aliphatic heterocycles. The summed E-state index contributed by atoms with van der Waals surface area (Å²) in [7, 11) is -7.63. The Balaban J connectivity index is 1.30. The molecule has 14 heteroatoms. The molecule has 4 rings (SSSR count). The number of esters is 1. The molecular formula is C20H20N4O8S2. The van der Waals surface area contributed by atoms with E-state index >= 15 is 0 Å². The minimum Gasteiger partial charge on any atom is -0.457 e. The van der Waals surface area contributed by atoms with Gasteiger partial charge in [0.25, 0.3) is 0 Å². The minimum absolute atomic E-state index is 0.00823. The summed E-state index contributed by atoms with van der Waals surface area (Å²) in [6.45, 7) is -0.470. The summed E-state index contributed by atoms with van der Waals surface area (Å²) in [5, 5.41) is 0. The molecule has 0 aromatic heterocycles. The maximum Gasteiger partial charge on any atom is 0.338 e. The summed E-state index contributed by atoms with van der Waals surface area (Å²) in [5.41, 5.74) is 2.23. The molecule has 2 amide bonds. The van der Waals surface area contributed by atoms with Crippen LogP contribution in [0, 0.1) is 0 Å². The van der Waals surface area contributed by atoms with Crippen molar-refractivity contribution in [3.8, 4) is 0 Å². The Morgan fingerprint density at radius 3 is 1.56 bits per heavy atom. The summed E-state index contributed by atoms with van der Waals surface area (Å²) in [6.07, 6.45) is 0. The van der Waals surface area contributed by atoms with Crippen molar-refractivity contribution in [3.63, 3.8) is 0 Å². The van der Waals surface area contributed by atoms with Crippen LogP contribution in [-0.2, 0) is 54.4 Å². The van der Waals surface area contributed by atoms with E-state index < -0.39 is 38.2 Å². The summed E-state index contributed by atoms with van der Waals surface area (Å²) < 4.78 is 58.3. The number of rotatable bonds is 7. The third-order valence-corrected chi connectivity index (χ3v) is 7.95. The molecule has 2 aromatic carbocycles. The highest BCUT2D eigenvalue weighted by Gasteiger charge is 2.34. The van der Waals surface area contributed by atoms with Crippen LogP contribution in [0.15, 0.2) is 48.5 Å². The van der Waals surface area contributed by atoms with Gasteiger partial charge < -0.3 is 4.74 Å². The highest BCUT2D eigenvalue weighted by Crippen LogP contribution is 2.16. The second-order valence-electron chi connectivity index (χ2n) is 7.69. The van der Waals surface area contributed by atoms with Gasteiger partial charge in [-0.3, -0.25) is 9.59 Å². The number of benzene rings is 2. The van der Waals surface area contributed by atoms with Gasteiger partial charge in [-0.05, 0) is 28.8 Å². The van der Waals surface area contributed by atoms with E-state index in [1.165, 1.54) is 12.1 Å². The topological polar surface area (TPSA) is 159 Å². The summed E-state index contributed by atoms with van der Waals surface area (Å²) >= 11 is 0. The molecule has 2 fully saturated rings. The van der Waals surface area contributed by atoms with Crippen LogP contribution in [0.25, 0.3) is 0 Å². The van der Waals surface area contributed by atoms with E-state index in [2.05, 4.69) is 0 Å². The normalized spacial score (nSPS) is 19.5. The Bertz CT molecular complexity index is 1340. The van der Waals surface area contributed by atoms with Crippen molar-refractivity contribution < 1.29 is 36.0 Å². The van der Waals surface area contributed by atoms with E-state index in [1.54, 1.807) is 36.4 Å². The Morgan fingerprint density at radius 1 is 0.735 bits per heavy atom. The van der Waals surface area contributed by atoms with E-state index in [0.29, 0.717) is 16.7 Å². The summed E-state index contributed by atoms with van der Waals surface area (Å²) in [6, 6.07) is 12.9. The van der Waals surface area contributed by atoms with Crippen LogP contribution < -0.4 is 9.44 Å². The van der Waals surface area contributed by atoms with Crippen LogP contribution in [0.1, 0.15) is 27.0 Å². The smallest absolute Gasteiger partial charge is 0.338 e. The maximum atomic E-state index is 12.3. The lowest BCUT2D eigenvalue weighted by Crippen LogP contribution is -2.29. The van der Waals surface area contributed by atoms with Crippen LogP contribution >= 0.6 is 0 Å². The third kappa shape index (κ3) is 5.41. The molecule has 0 atom stereocenters. The first kappa shape index (κ1) is 23.8. The quantitative estimate of drug-likeness (QED) is 0.469. The minimum atomic E-state index is -3.83. The number of amides is 2. The zero-order chi connectivity index (χ0) is 24.5. The largest absolute Gasteiger partial charge is 0.457 e. The number of carbonyl (C=O) groups excluding carboxylic acids is 3. The molecule has 0 radical (unpaired) electrons. The van der Waals surface area contributed by atoms with Gasteiger partial charge in [0.15, 0.2) is 0 Å². The maximum absolute atomic E-state index is 12.3. The lowest BCUT2D eigenvalue weighted by molar-refractivity contribution is -0.119. The van der Waals surface area contributed by atoms with Crippen molar-refractivity contribution in [3.05, 3.63) is 70.8 Å². The predicted molar refractivity (Wildman–Crippen MR) is 117 cm³/mol. The number of carbonyl (C=O) groups is 3. The molecule has 2 saturated heterocycles. The SMILES string of the molecule is O=C1CN(Cc2ccc(COC(=O)c3ccc(CN4CC(=O)NS4(=O)=O)cc3)cc2)S(=O)(=O)N1. The Labute approximate surface area is 195 Å². The fraction of sp³-hybridized carbons (Fsp3) is 0.250. The van der Waals surface area contributed by atoms with Crippen LogP contribution in [0.3, 0.4) is 0 Å². The zero-order valence-electron chi connectivity index (χ0n) is 17.6.